The second kappa shape index (κ2) is 6.20. The summed E-state index contributed by atoms with van der Waals surface area (Å²) >= 11 is 0. The van der Waals surface area contributed by atoms with Gasteiger partial charge in [0.15, 0.2) is 0 Å². The highest BCUT2D eigenvalue weighted by molar-refractivity contribution is 6.62. The number of methoxy groups -OCH3 is 1. The third kappa shape index (κ3) is 3.44. The van der Waals surface area contributed by atoms with Crippen LogP contribution in [0.3, 0.4) is 0 Å². The Bertz CT molecular complexity index is 699. The standard InChI is InChI=1S/C18H24BF2NO4/c1-16(2)17(3,4)26-19(25-16)11-6-7-13(14(8-11)24-5)15(23)22-12-9-18(20,21)10-12/h6-8,12H,9-10H2,1-5H3,(H,22,23). The minimum atomic E-state index is -2.68. The van der Waals surface area contributed by atoms with Crippen molar-refractivity contribution in [1.29, 1.82) is 0 Å². The van der Waals surface area contributed by atoms with Crippen LogP contribution >= 0.6 is 0 Å². The zero-order valence-corrected chi connectivity index (χ0v) is 15.7. The number of hydrogen-bond acceptors (Lipinski definition) is 4. The van der Waals surface area contributed by atoms with E-state index in [0.29, 0.717) is 11.3 Å². The Hall–Kier alpha value is -1.67. The van der Waals surface area contributed by atoms with E-state index >= 15 is 0 Å². The maximum Gasteiger partial charge on any atom is 0.494 e. The molecule has 3 rings (SSSR count). The van der Waals surface area contributed by atoms with Crippen molar-refractivity contribution in [2.75, 3.05) is 7.11 Å². The molecule has 1 aliphatic carbocycles. The first-order chi connectivity index (χ1) is 11.9. The number of nitrogens with one attached hydrogen (secondary N) is 1. The first-order valence-corrected chi connectivity index (χ1v) is 8.66. The minimum Gasteiger partial charge on any atom is -0.496 e. The normalized spacial score (nSPS) is 23.4. The number of alkyl halides is 2. The molecule has 5 nitrogen and oxygen atoms in total. The smallest absolute Gasteiger partial charge is 0.494 e. The second-order valence-corrected chi connectivity index (χ2v) is 7.98. The molecule has 0 unspecified atom stereocenters. The molecular formula is C18H24BF2NO4. The quantitative estimate of drug-likeness (QED) is 0.831. The number of halogens is 2. The number of amides is 1. The van der Waals surface area contributed by atoms with Crippen LogP contribution in [0, 0.1) is 0 Å². The first-order valence-electron chi connectivity index (χ1n) is 8.66. The van der Waals surface area contributed by atoms with Gasteiger partial charge in [0, 0.05) is 18.9 Å². The van der Waals surface area contributed by atoms with E-state index in [0.717, 1.165) is 5.46 Å². The third-order valence-corrected chi connectivity index (χ3v) is 5.42. The lowest BCUT2D eigenvalue weighted by atomic mass is 9.78. The molecule has 0 atom stereocenters. The molecule has 2 aliphatic rings. The van der Waals surface area contributed by atoms with Gasteiger partial charge < -0.3 is 19.4 Å². The third-order valence-electron chi connectivity index (χ3n) is 5.42. The number of rotatable bonds is 4. The van der Waals surface area contributed by atoms with Crippen molar-refractivity contribution in [3.05, 3.63) is 23.8 Å². The topological polar surface area (TPSA) is 56.8 Å². The Labute approximate surface area is 152 Å². The average Bonchev–Trinajstić information content (AvgIpc) is 2.73. The van der Waals surface area contributed by atoms with Crippen molar-refractivity contribution in [2.45, 2.75) is 63.7 Å². The van der Waals surface area contributed by atoms with Gasteiger partial charge in [0.05, 0.1) is 23.9 Å². The molecule has 1 N–H and O–H groups in total. The van der Waals surface area contributed by atoms with Gasteiger partial charge in [0.1, 0.15) is 5.75 Å². The lowest BCUT2D eigenvalue weighted by Crippen LogP contribution is -2.50. The summed E-state index contributed by atoms with van der Waals surface area (Å²) in [6, 6.07) is 4.51. The number of benzene rings is 1. The largest absolute Gasteiger partial charge is 0.496 e. The molecule has 1 aliphatic heterocycles. The zero-order chi connectivity index (χ0) is 19.3. The lowest BCUT2D eigenvalue weighted by Gasteiger charge is -2.35. The van der Waals surface area contributed by atoms with Gasteiger partial charge in [-0.05, 0) is 45.3 Å². The minimum absolute atomic E-state index is 0.294. The van der Waals surface area contributed by atoms with Crippen LogP contribution in [0.5, 0.6) is 5.75 Å². The molecule has 1 aromatic carbocycles. The summed E-state index contributed by atoms with van der Waals surface area (Å²) in [6.45, 7) is 7.84. The summed E-state index contributed by atoms with van der Waals surface area (Å²) in [5, 5.41) is 2.62. The molecule has 8 heteroatoms. The lowest BCUT2D eigenvalue weighted by molar-refractivity contribution is -0.0901. The molecule has 2 fully saturated rings. The van der Waals surface area contributed by atoms with Crippen LogP contribution in [-0.2, 0) is 9.31 Å². The van der Waals surface area contributed by atoms with Gasteiger partial charge in [-0.1, -0.05) is 6.07 Å². The highest BCUT2D eigenvalue weighted by atomic mass is 19.3. The Morgan fingerprint density at radius 1 is 1.19 bits per heavy atom. The van der Waals surface area contributed by atoms with E-state index in [-0.39, 0.29) is 12.8 Å². The molecule has 1 amide bonds. The SMILES string of the molecule is COc1cc(B2OC(C)(C)C(C)(C)O2)ccc1C(=O)NC1CC(F)(F)C1. The van der Waals surface area contributed by atoms with Crippen molar-refractivity contribution in [3.8, 4) is 5.75 Å². The number of ether oxygens (including phenoxy) is 1. The summed E-state index contributed by atoms with van der Waals surface area (Å²) < 4.78 is 43.2. The summed E-state index contributed by atoms with van der Waals surface area (Å²) in [7, 11) is 0.883. The van der Waals surface area contributed by atoms with Crippen molar-refractivity contribution in [2.24, 2.45) is 0 Å². The van der Waals surface area contributed by atoms with Crippen LogP contribution in [0.2, 0.25) is 0 Å². The van der Waals surface area contributed by atoms with Gasteiger partial charge >= 0.3 is 7.12 Å². The van der Waals surface area contributed by atoms with Crippen LogP contribution in [0.25, 0.3) is 0 Å². The Kier molecular flexibility index (Phi) is 4.56. The Morgan fingerprint density at radius 3 is 2.27 bits per heavy atom. The van der Waals surface area contributed by atoms with E-state index < -0.39 is 36.2 Å². The molecule has 142 valence electrons. The molecule has 1 saturated heterocycles. The maximum atomic E-state index is 12.9. The molecule has 26 heavy (non-hydrogen) atoms. The fraction of sp³-hybridized carbons (Fsp3) is 0.611. The van der Waals surface area contributed by atoms with Gasteiger partial charge in [0.25, 0.3) is 11.8 Å². The van der Waals surface area contributed by atoms with Crippen molar-refractivity contribution in [3.63, 3.8) is 0 Å². The first kappa shape index (κ1) is 19.1. The van der Waals surface area contributed by atoms with Crippen LogP contribution in [0.15, 0.2) is 18.2 Å². The molecule has 0 radical (unpaired) electrons. The predicted octanol–water partition coefficient (Wildman–Crippen LogP) is 2.52. The fourth-order valence-corrected chi connectivity index (χ4v) is 3.05. The van der Waals surface area contributed by atoms with E-state index in [1.54, 1.807) is 18.2 Å². The van der Waals surface area contributed by atoms with E-state index in [4.69, 9.17) is 14.0 Å². The molecule has 1 aromatic rings. The van der Waals surface area contributed by atoms with Crippen molar-refractivity contribution < 1.29 is 27.6 Å². The molecule has 1 saturated carbocycles. The van der Waals surface area contributed by atoms with Crippen LogP contribution in [0.4, 0.5) is 8.78 Å². The molecule has 1 heterocycles. The van der Waals surface area contributed by atoms with E-state index in [1.165, 1.54) is 7.11 Å². The van der Waals surface area contributed by atoms with Gasteiger partial charge in [0.2, 0.25) is 0 Å². The molecule has 0 bridgehead atoms. The van der Waals surface area contributed by atoms with Crippen molar-refractivity contribution in [1.82, 2.24) is 5.32 Å². The monoisotopic (exact) mass is 367 g/mol. The molecule has 0 spiro atoms. The average molecular weight is 367 g/mol. The van der Waals surface area contributed by atoms with Crippen LogP contribution < -0.4 is 15.5 Å². The Balaban J connectivity index is 1.75. The van der Waals surface area contributed by atoms with Crippen LogP contribution in [0.1, 0.15) is 50.9 Å². The number of hydrogen-bond donors (Lipinski definition) is 1. The van der Waals surface area contributed by atoms with Gasteiger partial charge in [-0.15, -0.1) is 0 Å². The summed E-state index contributed by atoms with van der Waals surface area (Å²) in [5.41, 5.74) is 0.0718. The highest BCUT2D eigenvalue weighted by Crippen LogP contribution is 2.38. The molecule has 0 aromatic heterocycles. The maximum absolute atomic E-state index is 12.9. The summed E-state index contributed by atoms with van der Waals surface area (Å²) in [5.74, 6) is -2.76. The molecular weight excluding hydrogens is 343 g/mol. The van der Waals surface area contributed by atoms with Crippen molar-refractivity contribution >= 4 is 18.5 Å². The van der Waals surface area contributed by atoms with Gasteiger partial charge in [-0.25, -0.2) is 8.78 Å². The number of carbonyl (C=O) groups is 1. The van der Waals surface area contributed by atoms with E-state index in [2.05, 4.69) is 5.32 Å². The Morgan fingerprint density at radius 2 is 1.77 bits per heavy atom. The second-order valence-electron chi connectivity index (χ2n) is 7.98. The van der Waals surface area contributed by atoms with Crippen LogP contribution in [-0.4, -0.2) is 43.3 Å². The summed E-state index contributed by atoms with van der Waals surface area (Å²) in [4.78, 5) is 12.4. The van der Waals surface area contributed by atoms with Gasteiger partial charge in [-0.2, -0.15) is 0 Å². The summed E-state index contributed by atoms with van der Waals surface area (Å²) in [6.07, 6.45) is -0.653. The van der Waals surface area contributed by atoms with E-state index in [1.807, 2.05) is 27.7 Å². The van der Waals surface area contributed by atoms with E-state index in [9.17, 15) is 13.6 Å². The fourth-order valence-electron chi connectivity index (χ4n) is 3.05. The number of carbonyl (C=O) groups excluding carboxylic acids is 1. The van der Waals surface area contributed by atoms with Gasteiger partial charge in [-0.3, -0.25) is 4.79 Å². The highest BCUT2D eigenvalue weighted by Gasteiger charge is 2.52. The zero-order valence-electron chi connectivity index (χ0n) is 15.7. The predicted molar refractivity (Wildman–Crippen MR) is 94.1 cm³/mol.